The van der Waals surface area contributed by atoms with E-state index in [-0.39, 0.29) is 23.4 Å². The van der Waals surface area contributed by atoms with Gasteiger partial charge in [-0.25, -0.2) is 4.79 Å². The highest BCUT2D eigenvalue weighted by Crippen LogP contribution is 2.31. The number of aromatic carboxylic acids is 1. The number of fused-ring (bicyclic) bond motifs is 3. The summed E-state index contributed by atoms with van der Waals surface area (Å²) in [6.45, 7) is 0.947. The lowest BCUT2D eigenvalue weighted by atomic mass is 10.0. The van der Waals surface area contributed by atoms with Crippen molar-refractivity contribution in [1.29, 1.82) is 0 Å². The molecule has 2 fully saturated rings. The van der Waals surface area contributed by atoms with Crippen LogP contribution in [0, 0.1) is 5.92 Å². The number of carbonyl (C=O) groups is 2. The Kier molecular flexibility index (Phi) is 2.90. The van der Waals surface area contributed by atoms with Gasteiger partial charge in [0.15, 0.2) is 0 Å². The van der Waals surface area contributed by atoms with E-state index in [2.05, 4.69) is 15.6 Å². The molecule has 1 amide bonds. The van der Waals surface area contributed by atoms with Crippen LogP contribution in [0.2, 0.25) is 0 Å². The minimum atomic E-state index is -1.14. The Morgan fingerprint density at radius 3 is 2.91 bits per heavy atom. The average Bonchev–Trinajstić information content (AvgIpc) is 3.20. The van der Waals surface area contributed by atoms with Gasteiger partial charge in [0.1, 0.15) is 11.3 Å². The van der Waals surface area contributed by atoms with Crippen LogP contribution in [0.15, 0.2) is 22.7 Å². The molecule has 2 aromatic heterocycles. The van der Waals surface area contributed by atoms with Crippen LogP contribution in [0.25, 0.3) is 11.0 Å². The molecule has 3 atom stereocenters. The summed E-state index contributed by atoms with van der Waals surface area (Å²) in [7, 11) is 0. The number of piperidine rings is 1. The third-order valence-corrected chi connectivity index (χ3v) is 4.52. The Labute approximate surface area is 125 Å². The monoisotopic (exact) mass is 301 g/mol. The van der Waals surface area contributed by atoms with E-state index in [9.17, 15) is 9.59 Å². The van der Waals surface area contributed by atoms with Gasteiger partial charge in [0.2, 0.25) is 5.76 Å². The van der Waals surface area contributed by atoms with Crippen molar-refractivity contribution in [2.75, 3.05) is 6.54 Å². The molecule has 0 spiro atoms. The molecule has 1 aliphatic heterocycles. The molecule has 0 aromatic carbocycles. The van der Waals surface area contributed by atoms with Crippen molar-refractivity contribution >= 4 is 22.8 Å². The lowest BCUT2D eigenvalue weighted by Gasteiger charge is -2.23. The first-order valence-corrected chi connectivity index (χ1v) is 7.27. The molecule has 1 saturated heterocycles. The maximum atomic E-state index is 12.3. The number of hydrogen-bond acceptors (Lipinski definition) is 5. The third-order valence-electron chi connectivity index (χ3n) is 4.52. The second-order valence-corrected chi connectivity index (χ2v) is 5.94. The first kappa shape index (κ1) is 13.3. The first-order valence-electron chi connectivity index (χ1n) is 7.27. The van der Waals surface area contributed by atoms with Gasteiger partial charge < -0.3 is 20.2 Å². The van der Waals surface area contributed by atoms with Gasteiger partial charge in [-0.15, -0.1) is 0 Å². The fourth-order valence-corrected chi connectivity index (χ4v) is 3.42. The zero-order chi connectivity index (χ0) is 15.3. The molecule has 2 aliphatic rings. The van der Waals surface area contributed by atoms with Crippen LogP contribution >= 0.6 is 0 Å². The van der Waals surface area contributed by atoms with Crippen molar-refractivity contribution in [3.8, 4) is 0 Å². The summed E-state index contributed by atoms with van der Waals surface area (Å²) in [5.41, 5.74) is 0.599. The highest BCUT2D eigenvalue weighted by molar-refractivity contribution is 5.97. The number of furan rings is 1. The topological polar surface area (TPSA) is 104 Å². The molecular formula is C15H15N3O4. The number of rotatable bonds is 3. The molecule has 2 bridgehead atoms. The molecule has 22 heavy (non-hydrogen) atoms. The van der Waals surface area contributed by atoms with E-state index in [1.54, 1.807) is 0 Å². The Morgan fingerprint density at radius 1 is 1.36 bits per heavy atom. The Hall–Kier alpha value is -2.41. The maximum absolute atomic E-state index is 12.3. The van der Waals surface area contributed by atoms with Gasteiger partial charge in [-0.3, -0.25) is 9.78 Å². The van der Waals surface area contributed by atoms with E-state index < -0.39 is 5.97 Å². The van der Waals surface area contributed by atoms with Gasteiger partial charge in [-0.2, -0.15) is 0 Å². The Morgan fingerprint density at radius 2 is 2.23 bits per heavy atom. The van der Waals surface area contributed by atoms with Crippen molar-refractivity contribution < 1.29 is 19.1 Å². The summed E-state index contributed by atoms with van der Waals surface area (Å²) in [6, 6.07) is 3.58. The Bertz CT molecular complexity index is 769. The van der Waals surface area contributed by atoms with Crippen molar-refractivity contribution in [2.24, 2.45) is 5.92 Å². The summed E-state index contributed by atoms with van der Waals surface area (Å²) in [6.07, 6.45) is 3.52. The molecule has 3 N–H and O–H groups in total. The van der Waals surface area contributed by atoms with Crippen LogP contribution in [-0.2, 0) is 0 Å². The van der Waals surface area contributed by atoms with Crippen molar-refractivity contribution in [1.82, 2.24) is 15.6 Å². The van der Waals surface area contributed by atoms with E-state index in [1.807, 2.05) is 0 Å². The molecule has 2 aromatic rings. The number of pyridine rings is 1. The maximum Gasteiger partial charge on any atom is 0.371 e. The first-order chi connectivity index (χ1) is 10.6. The summed E-state index contributed by atoms with van der Waals surface area (Å²) in [5.74, 6) is -1.06. The van der Waals surface area contributed by atoms with Crippen LogP contribution in [-0.4, -0.2) is 40.6 Å². The zero-order valence-corrected chi connectivity index (χ0v) is 11.7. The minimum absolute atomic E-state index is 0.159. The molecule has 3 heterocycles. The fraction of sp³-hybridized carbons (Fsp3) is 0.400. The van der Waals surface area contributed by atoms with Crippen molar-refractivity contribution in [2.45, 2.75) is 24.9 Å². The molecule has 7 heteroatoms. The standard InChI is InChI=1S/C15H15N3O4/c19-14(18-10-3-9-1-7(10)5-16-9)11-4-12-8(6-17-11)2-13(22-12)15(20)21/h2,4,6-7,9-10,16H,1,3,5H2,(H,18,19)(H,20,21). The highest BCUT2D eigenvalue weighted by atomic mass is 16.4. The van der Waals surface area contributed by atoms with E-state index >= 15 is 0 Å². The van der Waals surface area contributed by atoms with E-state index in [0.717, 1.165) is 19.4 Å². The number of nitrogens with zero attached hydrogens (tertiary/aromatic N) is 1. The quantitative estimate of drug-likeness (QED) is 0.781. The number of nitrogens with one attached hydrogen (secondary N) is 2. The van der Waals surface area contributed by atoms with Gasteiger partial charge >= 0.3 is 5.97 Å². The normalized spacial score (nSPS) is 26.5. The van der Waals surface area contributed by atoms with Crippen molar-refractivity contribution in [3.05, 3.63) is 29.8 Å². The predicted octanol–water partition coefficient (Wildman–Crippen LogP) is 1.01. The van der Waals surface area contributed by atoms with Crippen LogP contribution < -0.4 is 10.6 Å². The van der Waals surface area contributed by atoms with E-state index in [1.165, 1.54) is 18.3 Å². The van der Waals surface area contributed by atoms with Gasteiger partial charge in [0.25, 0.3) is 5.91 Å². The second kappa shape index (κ2) is 4.81. The molecule has 1 saturated carbocycles. The fourth-order valence-electron chi connectivity index (χ4n) is 3.42. The molecule has 114 valence electrons. The lowest BCUT2D eigenvalue weighted by molar-refractivity contribution is 0.0665. The van der Waals surface area contributed by atoms with E-state index in [4.69, 9.17) is 9.52 Å². The van der Waals surface area contributed by atoms with Crippen LogP contribution in [0.5, 0.6) is 0 Å². The number of carbonyl (C=O) groups excluding carboxylic acids is 1. The summed E-state index contributed by atoms with van der Waals surface area (Å²) < 4.78 is 5.21. The number of carboxylic acids is 1. The van der Waals surface area contributed by atoms with Crippen molar-refractivity contribution in [3.63, 3.8) is 0 Å². The SMILES string of the molecule is O=C(NC1CC2CC1CN2)c1cc2oc(C(=O)O)cc2cn1. The number of carboxylic acid groups (broad SMARTS) is 1. The average molecular weight is 301 g/mol. The highest BCUT2D eigenvalue weighted by Gasteiger charge is 2.40. The van der Waals surface area contributed by atoms with E-state index in [0.29, 0.717) is 22.9 Å². The van der Waals surface area contributed by atoms with Gasteiger partial charge in [-0.1, -0.05) is 0 Å². The number of aromatic nitrogens is 1. The van der Waals surface area contributed by atoms with Crippen LogP contribution in [0.1, 0.15) is 33.9 Å². The molecule has 1 aliphatic carbocycles. The molecular weight excluding hydrogens is 286 g/mol. The lowest BCUT2D eigenvalue weighted by Crippen LogP contribution is -2.44. The minimum Gasteiger partial charge on any atom is -0.475 e. The molecule has 3 unspecified atom stereocenters. The van der Waals surface area contributed by atoms with Crippen LogP contribution in [0.3, 0.4) is 0 Å². The van der Waals surface area contributed by atoms with Gasteiger partial charge in [-0.05, 0) is 18.8 Å². The third kappa shape index (κ3) is 2.14. The summed E-state index contributed by atoms with van der Waals surface area (Å²) in [5, 5.41) is 15.9. The number of hydrogen-bond donors (Lipinski definition) is 3. The number of amides is 1. The smallest absolute Gasteiger partial charge is 0.371 e. The largest absolute Gasteiger partial charge is 0.475 e. The molecule has 0 radical (unpaired) electrons. The summed E-state index contributed by atoms with van der Waals surface area (Å²) in [4.78, 5) is 27.3. The Balaban J connectivity index is 1.55. The van der Waals surface area contributed by atoms with Crippen LogP contribution in [0.4, 0.5) is 0 Å². The predicted molar refractivity (Wildman–Crippen MR) is 76.7 cm³/mol. The zero-order valence-electron chi connectivity index (χ0n) is 11.7. The van der Waals surface area contributed by atoms with Gasteiger partial charge in [0.05, 0.1) is 0 Å². The molecule has 7 nitrogen and oxygen atoms in total. The summed E-state index contributed by atoms with van der Waals surface area (Å²) >= 11 is 0. The molecule has 4 rings (SSSR count). The van der Waals surface area contributed by atoms with Gasteiger partial charge in [0, 0.05) is 42.3 Å². The second-order valence-electron chi connectivity index (χ2n) is 5.94.